The highest BCUT2D eigenvalue weighted by molar-refractivity contribution is 9.10. The summed E-state index contributed by atoms with van der Waals surface area (Å²) >= 11 is 3.49. The molecule has 2 rings (SSSR count). The van der Waals surface area contributed by atoms with Crippen LogP contribution in [0.25, 0.3) is 0 Å². The zero-order valence-corrected chi connectivity index (χ0v) is 12.2. The van der Waals surface area contributed by atoms with Crippen molar-refractivity contribution >= 4 is 15.9 Å². The zero-order chi connectivity index (χ0) is 12.3. The van der Waals surface area contributed by atoms with Gasteiger partial charge in [-0.2, -0.15) is 0 Å². The van der Waals surface area contributed by atoms with Crippen molar-refractivity contribution in [1.29, 1.82) is 0 Å². The van der Waals surface area contributed by atoms with Crippen molar-refractivity contribution in [2.45, 2.75) is 32.4 Å². The maximum Gasteiger partial charge on any atom is 0.0320 e. The largest absolute Gasteiger partial charge is 0.313 e. The molecule has 1 aromatic carbocycles. The summed E-state index contributed by atoms with van der Waals surface area (Å²) in [6.45, 7) is 8.05. The van der Waals surface area contributed by atoms with E-state index >= 15 is 0 Å². The van der Waals surface area contributed by atoms with E-state index in [1.807, 2.05) is 0 Å². The molecule has 2 atom stereocenters. The average Bonchev–Trinajstić information content (AvgIpc) is 2.54. The minimum Gasteiger partial charge on any atom is -0.313 e. The lowest BCUT2D eigenvalue weighted by Gasteiger charge is -2.29. The third kappa shape index (κ3) is 3.54. The second-order valence-corrected chi connectivity index (χ2v) is 5.85. The Morgan fingerprint density at radius 2 is 2.06 bits per heavy atom. The highest BCUT2D eigenvalue weighted by Crippen LogP contribution is 2.23. The molecule has 1 aliphatic rings. The third-order valence-electron chi connectivity index (χ3n) is 3.52. The fraction of sp³-hybridized carbons (Fsp3) is 0.571. The van der Waals surface area contributed by atoms with Crippen LogP contribution in [-0.2, 0) is 0 Å². The number of nitrogens with zero attached hydrogens (tertiary/aromatic N) is 1. The van der Waals surface area contributed by atoms with Gasteiger partial charge in [0.15, 0.2) is 0 Å². The summed E-state index contributed by atoms with van der Waals surface area (Å²) in [6.07, 6.45) is 1.24. The van der Waals surface area contributed by atoms with Crippen molar-refractivity contribution in [2.24, 2.45) is 0 Å². The van der Waals surface area contributed by atoms with Gasteiger partial charge in [-0.15, -0.1) is 0 Å². The Kier molecular flexibility index (Phi) is 4.60. The van der Waals surface area contributed by atoms with Crippen LogP contribution in [0.1, 0.15) is 31.9 Å². The van der Waals surface area contributed by atoms with Crippen molar-refractivity contribution in [2.75, 3.05) is 19.6 Å². The SMILES string of the molecule is CC1CN(C(C)c2ccc(Br)cc2)CCCN1. The molecule has 0 aliphatic carbocycles. The van der Waals surface area contributed by atoms with Crippen molar-refractivity contribution in [3.63, 3.8) is 0 Å². The highest BCUT2D eigenvalue weighted by atomic mass is 79.9. The third-order valence-corrected chi connectivity index (χ3v) is 4.05. The van der Waals surface area contributed by atoms with Gasteiger partial charge in [0.25, 0.3) is 0 Å². The first-order valence-corrected chi connectivity index (χ1v) is 7.19. The van der Waals surface area contributed by atoms with E-state index in [0.717, 1.165) is 17.6 Å². The first kappa shape index (κ1) is 13.1. The van der Waals surface area contributed by atoms with Crippen molar-refractivity contribution in [1.82, 2.24) is 10.2 Å². The first-order valence-electron chi connectivity index (χ1n) is 6.39. The van der Waals surface area contributed by atoms with E-state index in [0.29, 0.717) is 12.1 Å². The fourth-order valence-corrected chi connectivity index (χ4v) is 2.71. The first-order chi connectivity index (χ1) is 8.16. The van der Waals surface area contributed by atoms with Crippen LogP contribution in [0.2, 0.25) is 0 Å². The van der Waals surface area contributed by atoms with Crippen LogP contribution in [0, 0.1) is 0 Å². The molecule has 3 heteroatoms. The van der Waals surface area contributed by atoms with E-state index in [2.05, 4.69) is 64.3 Å². The van der Waals surface area contributed by atoms with Gasteiger partial charge in [0.05, 0.1) is 0 Å². The monoisotopic (exact) mass is 296 g/mol. The topological polar surface area (TPSA) is 15.3 Å². The number of hydrogen-bond donors (Lipinski definition) is 1. The molecule has 1 aromatic rings. The quantitative estimate of drug-likeness (QED) is 0.902. The van der Waals surface area contributed by atoms with Crippen LogP contribution >= 0.6 is 15.9 Å². The minimum atomic E-state index is 0.505. The molecule has 0 aromatic heterocycles. The van der Waals surface area contributed by atoms with E-state index in [-0.39, 0.29) is 0 Å². The van der Waals surface area contributed by atoms with Gasteiger partial charge in [0.1, 0.15) is 0 Å². The van der Waals surface area contributed by atoms with Crippen molar-refractivity contribution in [3.05, 3.63) is 34.3 Å². The second kappa shape index (κ2) is 5.98. The highest BCUT2D eigenvalue weighted by Gasteiger charge is 2.19. The maximum absolute atomic E-state index is 3.54. The van der Waals surface area contributed by atoms with Gasteiger partial charge < -0.3 is 5.32 Å². The lowest BCUT2D eigenvalue weighted by molar-refractivity contribution is 0.210. The fourth-order valence-electron chi connectivity index (χ4n) is 2.44. The van der Waals surface area contributed by atoms with Gasteiger partial charge >= 0.3 is 0 Å². The molecule has 1 fully saturated rings. The molecule has 0 spiro atoms. The predicted octanol–water partition coefficient (Wildman–Crippen LogP) is 3.19. The Labute approximate surface area is 113 Å². The predicted molar refractivity (Wildman–Crippen MR) is 76.2 cm³/mol. The smallest absolute Gasteiger partial charge is 0.0320 e. The molecular weight excluding hydrogens is 276 g/mol. The Morgan fingerprint density at radius 1 is 1.35 bits per heavy atom. The molecule has 17 heavy (non-hydrogen) atoms. The summed E-state index contributed by atoms with van der Waals surface area (Å²) < 4.78 is 1.15. The van der Waals surface area contributed by atoms with Gasteiger partial charge in [-0.3, -0.25) is 4.90 Å². The summed E-state index contributed by atoms with van der Waals surface area (Å²) in [6, 6.07) is 9.80. The van der Waals surface area contributed by atoms with E-state index in [9.17, 15) is 0 Å². The lowest BCUT2D eigenvalue weighted by atomic mass is 10.1. The normalized spacial score (nSPS) is 24.3. The maximum atomic E-state index is 3.54. The van der Waals surface area contributed by atoms with E-state index in [1.54, 1.807) is 0 Å². The molecule has 2 unspecified atom stereocenters. The van der Waals surface area contributed by atoms with Crippen LogP contribution in [0.5, 0.6) is 0 Å². The zero-order valence-electron chi connectivity index (χ0n) is 10.6. The Bertz CT molecular complexity index is 350. The molecule has 0 amide bonds. The Morgan fingerprint density at radius 3 is 2.76 bits per heavy atom. The summed E-state index contributed by atoms with van der Waals surface area (Å²) in [4.78, 5) is 2.58. The molecule has 1 N–H and O–H groups in total. The van der Waals surface area contributed by atoms with Crippen molar-refractivity contribution in [3.8, 4) is 0 Å². The van der Waals surface area contributed by atoms with E-state index in [1.165, 1.54) is 18.5 Å². The summed E-state index contributed by atoms with van der Waals surface area (Å²) in [5.74, 6) is 0. The number of rotatable bonds is 2. The van der Waals surface area contributed by atoms with Gasteiger partial charge in [0.2, 0.25) is 0 Å². The number of nitrogens with one attached hydrogen (secondary N) is 1. The standard InChI is InChI=1S/C14H21BrN2/c1-11-10-17(9-3-8-16-11)12(2)13-4-6-14(15)7-5-13/h4-7,11-12,16H,3,8-10H2,1-2H3. The molecule has 1 aliphatic heterocycles. The molecule has 1 saturated heterocycles. The van der Waals surface area contributed by atoms with Crippen LogP contribution < -0.4 is 5.32 Å². The molecule has 94 valence electrons. The number of benzene rings is 1. The molecular formula is C14H21BrN2. The van der Waals surface area contributed by atoms with Gasteiger partial charge in [-0.05, 0) is 44.5 Å². The molecule has 2 nitrogen and oxygen atoms in total. The van der Waals surface area contributed by atoms with Gasteiger partial charge in [0, 0.05) is 29.6 Å². The van der Waals surface area contributed by atoms with Crippen molar-refractivity contribution < 1.29 is 0 Å². The van der Waals surface area contributed by atoms with Crippen LogP contribution in [0.15, 0.2) is 28.7 Å². The summed E-state index contributed by atoms with van der Waals surface area (Å²) in [5, 5.41) is 3.54. The van der Waals surface area contributed by atoms with Crippen LogP contribution in [-0.4, -0.2) is 30.6 Å². The number of hydrogen-bond acceptors (Lipinski definition) is 2. The number of halogens is 1. The van der Waals surface area contributed by atoms with E-state index < -0.39 is 0 Å². The molecule has 0 bridgehead atoms. The van der Waals surface area contributed by atoms with Gasteiger partial charge in [-0.1, -0.05) is 28.1 Å². The minimum absolute atomic E-state index is 0.505. The average molecular weight is 297 g/mol. The summed E-state index contributed by atoms with van der Waals surface area (Å²) in [7, 11) is 0. The Balaban J connectivity index is 2.07. The van der Waals surface area contributed by atoms with E-state index in [4.69, 9.17) is 0 Å². The molecule has 0 radical (unpaired) electrons. The second-order valence-electron chi connectivity index (χ2n) is 4.93. The van der Waals surface area contributed by atoms with Gasteiger partial charge in [-0.25, -0.2) is 0 Å². The van der Waals surface area contributed by atoms with Crippen LogP contribution in [0.4, 0.5) is 0 Å². The summed E-state index contributed by atoms with van der Waals surface area (Å²) in [5.41, 5.74) is 1.40. The Hall–Kier alpha value is -0.380. The van der Waals surface area contributed by atoms with Crippen LogP contribution in [0.3, 0.4) is 0 Å². The molecule has 1 heterocycles. The lowest BCUT2D eigenvalue weighted by Crippen LogP contribution is -2.36. The molecule has 0 saturated carbocycles.